The average molecular weight is 311 g/mol. The van der Waals surface area contributed by atoms with Crippen molar-refractivity contribution in [2.75, 3.05) is 0 Å². The third kappa shape index (κ3) is 11.4. The van der Waals surface area contributed by atoms with Crippen LogP contribution in [0.5, 0.6) is 0 Å². The number of carboxylic acids is 1. The number of hydrogen-bond acceptors (Lipinski definition) is 2. The SMILES string of the molecule is CC(=O)CCC(=O)O.[Pt]. The van der Waals surface area contributed by atoms with E-state index < -0.39 is 5.97 Å². The van der Waals surface area contributed by atoms with E-state index in [0.717, 1.165) is 0 Å². The van der Waals surface area contributed by atoms with Crippen LogP contribution in [0.25, 0.3) is 0 Å². The van der Waals surface area contributed by atoms with Crippen LogP contribution in [0.2, 0.25) is 0 Å². The molecular weight excluding hydrogens is 303 g/mol. The topological polar surface area (TPSA) is 54.4 Å². The molecule has 0 radical (unpaired) electrons. The zero-order valence-corrected chi connectivity index (χ0v) is 7.27. The van der Waals surface area contributed by atoms with Crippen LogP contribution in [0.1, 0.15) is 19.8 Å². The Hall–Kier alpha value is -0.172. The maximum absolute atomic E-state index is 10.1. The number of Topliss-reactive ketones (excluding diaryl/α,β-unsaturated/α-hetero) is 1. The minimum atomic E-state index is -0.916. The summed E-state index contributed by atoms with van der Waals surface area (Å²) < 4.78 is 0. The fourth-order valence-electron chi connectivity index (χ4n) is 0.283. The van der Waals surface area contributed by atoms with Crippen LogP contribution >= 0.6 is 0 Å². The molecule has 1 N–H and O–H groups in total. The predicted molar refractivity (Wildman–Crippen MR) is 27.6 cm³/mol. The van der Waals surface area contributed by atoms with E-state index in [4.69, 9.17) is 5.11 Å². The van der Waals surface area contributed by atoms with Gasteiger partial charge in [-0.15, -0.1) is 0 Å². The zero-order valence-electron chi connectivity index (χ0n) is 4.99. The molecule has 0 unspecified atom stereocenters. The number of carbonyl (C=O) groups is 2. The van der Waals surface area contributed by atoms with Gasteiger partial charge in [0.25, 0.3) is 0 Å². The van der Waals surface area contributed by atoms with Crippen molar-refractivity contribution in [1.29, 1.82) is 0 Å². The molecule has 0 rings (SSSR count). The first-order valence-electron chi connectivity index (χ1n) is 2.34. The molecule has 0 aliphatic heterocycles. The maximum Gasteiger partial charge on any atom is 0.303 e. The van der Waals surface area contributed by atoms with E-state index in [1.165, 1.54) is 6.92 Å². The summed E-state index contributed by atoms with van der Waals surface area (Å²) in [7, 11) is 0. The second-order valence-electron chi connectivity index (χ2n) is 1.60. The van der Waals surface area contributed by atoms with E-state index >= 15 is 0 Å². The second kappa shape index (κ2) is 5.96. The number of carboxylic acid groups (broad SMARTS) is 1. The molecule has 0 heterocycles. The molecule has 3 nitrogen and oxygen atoms in total. The molecule has 0 fully saturated rings. The minimum absolute atomic E-state index is 0. The van der Waals surface area contributed by atoms with Crippen molar-refractivity contribution < 1.29 is 35.8 Å². The van der Waals surface area contributed by atoms with E-state index in [0.29, 0.717) is 0 Å². The Labute approximate surface area is 67.7 Å². The molecule has 0 atom stereocenters. The van der Waals surface area contributed by atoms with Gasteiger partial charge in [0, 0.05) is 27.5 Å². The summed E-state index contributed by atoms with van der Waals surface area (Å²) >= 11 is 0. The maximum atomic E-state index is 10.1. The molecule has 0 spiro atoms. The minimum Gasteiger partial charge on any atom is -0.481 e. The smallest absolute Gasteiger partial charge is 0.303 e. The third-order valence-electron chi connectivity index (χ3n) is 0.691. The molecule has 0 bridgehead atoms. The van der Waals surface area contributed by atoms with Crippen LogP contribution in [0.15, 0.2) is 0 Å². The van der Waals surface area contributed by atoms with Gasteiger partial charge in [-0.1, -0.05) is 0 Å². The van der Waals surface area contributed by atoms with Gasteiger partial charge in [-0.05, 0) is 6.92 Å². The molecule has 56 valence electrons. The molecule has 0 aliphatic carbocycles. The van der Waals surface area contributed by atoms with Crippen molar-refractivity contribution in [3.8, 4) is 0 Å². The fourth-order valence-corrected chi connectivity index (χ4v) is 0.283. The van der Waals surface area contributed by atoms with E-state index in [9.17, 15) is 9.59 Å². The average Bonchev–Trinajstić information content (AvgIpc) is 1.61. The van der Waals surface area contributed by atoms with Gasteiger partial charge >= 0.3 is 5.97 Å². The van der Waals surface area contributed by atoms with Crippen molar-refractivity contribution in [2.24, 2.45) is 0 Å². The van der Waals surface area contributed by atoms with Crippen LogP contribution < -0.4 is 0 Å². The fraction of sp³-hybridized carbons (Fsp3) is 0.600. The summed E-state index contributed by atoms with van der Waals surface area (Å²) in [6, 6.07) is 0. The van der Waals surface area contributed by atoms with Gasteiger partial charge in [-0.25, -0.2) is 0 Å². The normalized spacial score (nSPS) is 7.67. The summed E-state index contributed by atoms with van der Waals surface area (Å²) in [5.74, 6) is -0.993. The van der Waals surface area contributed by atoms with Gasteiger partial charge in [0.1, 0.15) is 5.78 Å². The molecule has 0 amide bonds. The summed E-state index contributed by atoms with van der Waals surface area (Å²) in [4.78, 5) is 19.8. The van der Waals surface area contributed by atoms with Gasteiger partial charge < -0.3 is 9.90 Å². The Morgan fingerprint density at radius 1 is 1.33 bits per heavy atom. The van der Waals surface area contributed by atoms with Crippen molar-refractivity contribution in [3.63, 3.8) is 0 Å². The van der Waals surface area contributed by atoms with Crippen LogP contribution in [0.4, 0.5) is 0 Å². The predicted octanol–water partition coefficient (Wildman–Crippen LogP) is 0.438. The molecular formula is C5H8O3Pt. The molecule has 9 heavy (non-hydrogen) atoms. The van der Waals surface area contributed by atoms with E-state index in [1.807, 2.05) is 0 Å². The number of hydrogen-bond donors (Lipinski definition) is 1. The summed E-state index contributed by atoms with van der Waals surface area (Å²) in [6.45, 7) is 1.38. The van der Waals surface area contributed by atoms with Gasteiger partial charge in [-0.3, -0.25) is 4.79 Å². The Balaban J connectivity index is 0. The largest absolute Gasteiger partial charge is 0.481 e. The van der Waals surface area contributed by atoms with Crippen molar-refractivity contribution in [1.82, 2.24) is 0 Å². The summed E-state index contributed by atoms with van der Waals surface area (Å²) in [6.07, 6.45) is 0.102. The van der Waals surface area contributed by atoms with Gasteiger partial charge in [-0.2, -0.15) is 0 Å². The van der Waals surface area contributed by atoms with E-state index in [-0.39, 0.29) is 39.7 Å². The summed E-state index contributed by atoms with van der Waals surface area (Å²) in [5.41, 5.74) is 0. The third-order valence-corrected chi connectivity index (χ3v) is 0.691. The second-order valence-corrected chi connectivity index (χ2v) is 1.60. The van der Waals surface area contributed by atoms with E-state index in [1.54, 1.807) is 0 Å². The van der Waals surface area contributed by atoms with Crippen LogP contribution in [-0.4, -0.2) is 16.9 Å². The number of ketones is 1. The quantitative estimate of drug-likeness (QED) is 0.823. The molecule has 4 heteroatoms. The van der Waals surface area contributed by atoms with Gasteiger partial charge in [0.2, 0.25) is 0 Å². The number of carbonyl (C=O) groups excluding carboxylic acids is 1. The first-order chi connectivity index (χ1) is 3.63. The molecule has 0 aromatic rings. The Bertz CT molecular complexity index is 96.8. The first kappa shape index (κ1) is 11.6. The number of rotatable bonds is 3. The van der Waals surface area contributed by atoms with Crippen LogP contribution in [-0.2, 0) is 30.7 Å². The van der Waals surface area contributed by atoms with Crippen molar-refractivity contribution in [3.05, 3.63) is 0 Å². The number of aliphatic carboxylic acids is 1. The zero-order chi connectivity index (χ0) is 6.57. The van der Waals surface area contributed by atoms with Crippen LogP contribution in [0, 0.1) is 0 Å². The van der Waals surface area contributed by atoms with Gasteiger partial charge in [0.05, 0.1) is 6.42 Å². The Morgan fingerprint density at radius 3 is 1.89 bits per heavy atom. The standard InChI is InChI=1S/C5H8O3.Pt/c1-4(6)2-3-5(7)8;/h2-3H2,1H3,(H,7,8);. The Morgan fingerprint density at radius 2 is 1.78 bits per heavy atom. The van der Waals surface area contributed by atoms with Crippen LogP contribution in [0.3, 0.4) is 0 Å². The molecule has 0 saturated carbocycles. The first-order valence-corrected chi connectivity index (χ1v) is 2.34. The molecule has 0 saturated heterocycles. The monoisotopic (exact) mass is 311 g/mol. The van der Waals surface area contributed by atoms with E-state index in [2.05, 4.69) is 0 Å². The molecule has 0 aromatic carbocycles. The summed E-state index contributed by atoms with van der Waals surface area (Å²) in [5, 5.41) is 8.01. The van der Waals surface area contributed by atoms with Crippen molar-refractivity contribution in [2.45, 2.75) is 19.8 Å². The molecule has 0 aliphatic rings. The molecule has 0 aromatic heterocycles. The van der Waals surface area contributed by atoms with Gasteiger partial charge in [0.15, 0.2) is 0 Å². The van der Waals surface area contributed by atoms with Crippen molar-refractivity contribution >= 4 is 11.8 Å². The Kier molecular flexibility index (Phi) is 7.68.